The lowest BCUT2D eigenvalue weighted by Gasteiger charge is -2.10. The number of rotatable bonds is 5. The predicted molar refractivity (Wildman–Crippen MR) is 68.5 cm³/mol. The van der Waals surface area contributed by atoms with Gasteiger partial charge in [-0.2, -0.15) is 0 Å². The third-order valence-electron chi connectivity index (χ3n) is 2.89. The first-order valence-electron chi connectivity index (χ1n) is 6.10. The van der Waals surface area contributed by atoms with Gasteiger partial charge in [0, 0.05) is 6.20 Å². The van der Waals surface area contributed by atoms with Gasteiger partial charge in [-0.3, -0.25) is 4.98 Å². The van der Waals surface area contributed by atoms with Crippen LogP contribution in [0.1, 0.15) is 30.2 Å². The maximum absolute atomic E-state index is 13.4. The van der Waals surface area contributed by atoms with Gasteiger partial charge in [0.2, 0.25) is 0 Å². The lowest BCUT2D eigenvalue weighted by Crippen LogP contribution is -2.04. The Hall–Kier alpha value is -1.74. The van der Waals surface area contributed by atoms with Crippen LogP contribution < -0.4 is 0 Å². The van der Waals surface area contributed by atoms with Gasteiger partial charge in [-0.1, -0.05) is 30.3 Å². The van der Waals surface area contributed by atoms with Gasteiger partial charge in [-0.15, -0.1) is 0 Å². The second kappa shape index (κ2) is 6.26. The SMILES string of the molecule is OC(CCCc1ccccc1)c1ncccc1F. The Bertz CT molecular complexity index is 487. The summed E-state index contributed by atoms with van der Waals surface area (Å²) in [5.41, 5.74) is 1.37. The van der Waals surface area contributed by atoms with Crippen molar-refractivity contribution in [1.29, 1.82) is 0 Å². The van der Waals surface area contributed by atoms with Crippen molar-refractivity contribution in [2.75, 3.05) is 0 Å². The molecule has 1 heterocycles. The number of hydrogen-bond donors (Lipinski definition) is 1. The lowest BCUT2D eigenvalue weighted by molar-refractivity contribution is 0.155. The molecule has 1 N–H and O–H groups in total. The van der Waals surface area contributed by atoms with Crippen LogP contribution in [0.5, 0.6) is 0 Å². The third kappa shape index (κ3) is 3.37. The van der Waals surface area contributed by atoms with Crippen LogP contribution >= 0.6 is 0 Å². The summed E-state index contributed by atoms with van der Waals surface area (Å²) in [7, 11) is 0. The highest BCUT2D eigenvalue weighted by Gasteiger charge is 2.13. The summed E-state index contributed by atoms with van der Waals surface area (Å²) < 4.78 is 13.4. The molecule has 0 aliphatic rings. The van der Waals surface area contributed by atoms with Crippen LogP contribution in [0.3, 0.4) is 0 Å². The second-order valence-electron chi connectivity index (χ2n) is 4.26. The number of hydrogen-bond acceptors (Lipinski definition) is 2. The molecule has 0 aliphatic carbocycles. The van der Waals surface area contributed by atoms with Gasteiger partial charge in [0.15, 0.2) is 0 Å². The van der Waals surface area contributed by atoms with Crippen molar-refractivity contribution in [3.05, 3.63) is 65.7 Å². The standard InChI is InChI=1S/C15H16FNO/c16-13-9-5-11-17-15(13)14(18)10-4-8-12-6-2-1-3-7-12/h1-3,5-7,9,11,14,18H,4,8,10H2. The van der Waals surface area contributed by atoms with Crippen molar-refractivity contribution in [3.8, 4) is 0 Å². The summed E-state index contributed by atoms with van der Waals surface area (Å²) in [4.78, 5) is 3.88. The quantitative estimate of drug-likeness (QED) is 0.877. The van der Waals surface area contributed by atoms with E-state index in [9.17, 15) is 9.50 Å². The van der Waals surface area contributed by atoms with Gasteiger partial charge in [0.1, 0.15) is 11.5 Å². The average molecular weight is 245 g/mol. The van der Waals surface area contributed by atoms with E-state index >= 15 is 0 Å². The van der Waals surface area contributed by atoms with Crippen molar-refractivity contribution in [3.63, 3.8) is 0 Å². The summed E-state index contributed by atoms with van der Waals surface area (Å²) in [5, 5.41) is 9.88. The van der Waals surface area contributed by atoms with Crippen LogP contribution in [-0.2, 0) is 6.42 Å². The molecule has 1 atom stereocenters. The molecule has 2 rings (SSSR count). The minimum atomic E-state index is -0.824. The van der Waals surface area contributed by atoms with E-state index in [0.717, 1.165) is 12.8 Å². The molecule has 0 aliphatic heterocycles. The number of pyridine rings is 1. The van der Waals surface area contributed by atoms with Crippen LogP contribution in [0.15, 0.2) is 48.7 Å². The van der Waals surface area contributed by atoms with Crippen molar-refractivity contribution in [2.24, 2.45) is 0 Å². The zero-order valence-electron chi connectivity index (χ0n) is 10.1. The first-order chi connectivity index (χ1) is 8.77. The van der Waals surface area contributed by atoms with Crippen molar-refractivity contribution < 1.29 is 9.50 Å². The van der Waals surface area contributed by atoms with Crippen LogP contribution in [0.25, 0.3) is 0 Å². The van der Waals surface area contributed by atoms with Gasteiger partial charge in [0.05, 0.1) is 6.10 Å². The lowest BCUT2D eigenvalue weighted by atomic mass is 10.0. The normalized spacial score (nSPS) is 12.3. The van der Waals surface area contributed by atoms with Crippen LogP contribution in [0.4, 0.5) is 4.39 Å². The fraction of sp³-hybridized carbons (Fsp3) is 0.267. The molecule has 94 valence electrons. The molecular weight excluding hydrogens is 229 g/mol. The van der Waals surface area contributed by atoms with Crippen LogP contribution in [0, 0.1) is 5.82 Å². The first-order valence-corrected chi connectivity index (χ1v) is 6.10. The Labute approximate surface area is 106 Å². The summed E-state index contributed by atoms with van der Waals surface area (Å²) >= 11 is 0. The Morgan fingerprint density at radius 3 is 2.61 bits per heavy atom. The van der Waals surface area contributed by atoms with Crippen LogP contribution in [0.2, 0.25) is 0 Å². The van der Waals surface area contributed by atoms with Gasteiger partial charge >= 0.3 is 0 Å². The summed E-state index contributed by atoms with van der Waals surface area (Å²) in [6.45, 7) is 0. The summed E-state index contributed by atoms with van der Waals surface area (Å²) in [6, 6.07) is 12.9. The van der Waals surface area contributed by atoms with E-state index in [-0.39, 0.29) is 5.69 Å². The Kier molecular flexibility index (Phi) is 4.42. The number of nitrogens with zero attached hydrogens (tertiary/aromatic N) is 1. The van der Waals surface area contributed by atoms with E-state index in [1.165, 1.54) is 23.9 Å². The number of aliphatic hydroxyl groups is 1. The average Bonchev–Trinajstić information content (AvgIpc) is 2.40. The van der Waals surface area contributed by atoms with Crippen molar-refractivity contribution in [2.45, 2.75) is 25.4 Å². The molecule has 1 unspecified atom stereocenters. The molecule has 0 spiro atoms. The van der Waals surface area contributed by atoms with E-state index < -0.39 is 11.9 Å². The van der Waals surface area contributed by atoms with Crippen molar-refractivity contribution in [1.82, 2.24) is 4.98 Å². The van der Waals surface area contributed by atoms with E-state index in [0.29, 0.717) is 6.42 Å². The maximum atomic E-state index is 13.4. The second-order valence-corrected chi connectivity index (χ2v) is 4.26. The molecule has 0 bridgehead atoms. The van der Waals surface area contributed by atoms with Crippen molar-refractivity contribution >= 4 is 0 Å². The van der Waals surface area contributed by atoms with E-state index in [4.69, 9.17) is 0 Å². The van der Waals surface area contributed by atoms with Gasteiger partial charge in [-0.25, -0.2) is 4.39 Å². The molecule has 0 saturated carbocycles. The maximum Gasteiger partial charge on any atom is 0.147 e. The monoisotopic (exact) mass is 245 g/mol. The van der Waals surface area contributed by atoms with E-state index in [2.05, 4.69) is 4.98 Å². The number of halogens is 1. The molecule has 3 heteroatoms. The molecule has 1 aromatic heterocycles. The van der Waals surface area contributed by atoms with Gasteiger partial charge < -0.3 is 5.11 Å². The Balaban J connectivity index is 1.86. The highest BCUT2D eigenvalue weighted by molar-refractivity contribution is 5.15. The highest BCUT2D eigenvalue weighted by atomic mass is 19.1. The molecular formula is C15H16FNO. The molecule has 1 aromatic carbocycles. The summed E-state index contributed by atoms with van der Waals surface area (Å²) in [5.74, 6) is -0.440. The number of aryl methyl sites for hydroxylation is 1. The topological polar surface area (TPSA) is 33.1 Å². The fourth-order valence-corrected chi connectivity index (χ4v) is 1.92. The zero-order valence-corrected chi connectivity index (χ0v) is 10.1. The van der Waals surface area contributed by atoms with Gasteiger partial charge in [-0.05, 0) is 37.0 Å². The highest BCUT2D eigenvalue weighted by Crippen LogP contribution is 2.19. The van der Waals surface area contributed by atoms with Crippen LogP contribution in [-0.4, -0.2) is 10.1 Å². The molecule has 0 saturated heterocycles. The van der Waals surface area contributed by atoms with Gasteiger partial charge in [0.25, 0.3) is 0 Å². The molecule has 18 heavy (non-hydrogen) atoms. The predicted octanol–water partition coefficient (Wildman–Crippen LogP) is 3.28. The largest absolute Gasteiger partial charge is 0.387 e. The zero-order chi connectivity index (χ0) is 12.8. The third-order valence-corrected chi connectivity index (χ3v) is 2.89. The number of aromatic nitrogens is 1. The summed E-state index contributed by atoms with van der Waals surface area (Å²) in [6.07, 6.45) is 2.88. The Morgan fingerprint density at radius 1 is 1.11 bits per heavy atom. The van der Waals surface area contributed by atoms with E-state index in [1.807, 2.05) is 30.3 Å². The van der Waals surface area contributed by atoms with E-state index in [1.54, 1.807) is 0 Å². The molecule has 2 aromatic rings. The smallest absolute Gasteiger partial charge is 0.147 e. The molecule has 0 amide bonds. The fourth-order valence-electron chi connectivity index (χ4n) is 1.92. The Morgan fingerprint density at radius 2 is 1.89 bits per heavy atom. The molecule has 0 radical (unpaired) electrons. The molecule has 0 fully saturated rings. The first kappa shape index (κ1) is 12.7. The number of aliphatic hydroxyl groups excluding tert-OH is 1. The minimum Gasteiger partial charge on any atom is -0.387 e. The number of benzene rings is 1. The molecule has 2 nitrogen and oxygen atoms in total. The minimum absolute atomic E-state index is 0.144.